The van der Waals surface area contributed by atoms with Crippen LogP contribution in [0.5, 0.6) is 0 Å². The summed E-state index contributed by atoms with van der Waals surface area (Å²) in [6.45, 7) is 8.01. The second-order valence-electron chi connectivity index (χ2n) is 5.70. The van der Waals surface area contributed by atoms with E-state index < -0.39 is 10.2 Å². The number of aromatic nitrogens is 2. The molecule has 0 amide bonds. The van der Waals surface area contributed by atoms with Crippen LogP contribution in [-0.2, 0) is 10.2 Å². The van der Waals surface area contributed by atoms with E-state index in [1.807, 2.05) is 24.5 Å². The van der Waals surface area contributed by atoms with Crippen LogP contribution < -0.4 is 4.72 Å². The molecule has 0 unspecified atom stereocenters. The largest absolute Gasteiger partial charge is 0.328 e. The fraction of sp³-hybridized carbons (Fsp3) is 0.500. The summed E-state index contributed by atoms with van der Waals surface area (Å²) in [7, 11) is -0.564. The maximum atomic E-state index is 12.1. The molecule has 0 saturated heterocycles. The third-order valence-electron chi connectivity index (χ3n) is 3.66. The Kier molecular flexibility index (Phi) is 3.99. The van der Waals surface area contributed by atoms with Gasteiger partial charge in [0.1, 0.15) is 5.52 Å². The van der Waals surface area contributed by atoms with Crippen molar-refractivity contribution >= 4 is 26.9 Å². The fourth-order valence-corrected chi connectivity index (χ4v) is 2.84. The smallest absolute Gasteiger partial charge is 0.301 e. The second kappa shape index (κ2) is 5.31. The minimum Gasteiger partial charge on any atom is -0.328 e. The molecule has 0 aliphatic carbocycles. The zero-order valence-electron chi connectivity index (χ0n) is 13.3. The third kappa shape index (κ3) is 2.75. The molecule has 116 valence electrons. The number of nitrogens with zero attached hydrogens (tertiary/aromatic N) is 3. The predicted molar refractivity (Wildman–Crippen MR) is 85.8 cm³/mol. The van der Waals surface area contributed by atoms with Crippen molar-refractivity contribution in [3.05, 3.63) is 23.5 Å². The lowest BCUT2D eigenvalue weighted by atomic mass is 10.1. The topological polar surface area (TPSA) is 67.2 Å². The molecule has 2 rings (SSSR count). The van der Waals surface area contributed by atoms with E-state index in [1.165, 1.54) is 14.1 Å². The Bertz CT molecular complexity index is 776. The molecule has 21 heavy (non-hydrogen) atoms. The van der Waals surface area contributed by atoms with Gasteiger partial charge in [-0.3, -0.25) is 4.72 Å². The molecule has 0 spiro atoms. The Hall–Kier alpha value is -1.60. The van der Waals surface area contributed by atoms with Crippen molar-refractivity contribution < 1.29 is 8.42 Å². The van der Waals surface area contributed by atoms with Gasteiger partial charge in [-0.05, 0) is 44.9 Å². The van der Waals surface area contributed by atoms with Crippen molar-refractivity contribution in [2.75, 3.05) is 18.8 Å². The molecular formula is C14H22N4O2S. The van der Waals surface area contributed by atoms with Crippen molar-refractivity contribution in [1.29, 1.82) is 0 Å². The molecule has 0 bridgehead atoms. The molecule has 1 N–H and O–H groups in total. The van der Waals surface area contributed by atoms with Gasteiger partial charge in [0.15, 0.2) is 0 Å². The summed E-state index contributed by atoms with van der Waals surface area (Å²) >= 11 is 0. The molecule has 1 aromatic carbocycles. The molecular weight excluding hydrogens is 288 g/mol. The van der Waals surface area contributed by atoms with E-state index >= 15 is 0 Å². The molecule has 1 aromatic heterocycles. The van der Waals surface area contributed by atoms with Gasteiger partial charge in [0.05, 0.1) is 17.5 Å². The number of hydrogen-bond donors (Lipinski definition) is 1. The van der Waals surface area contributed by atoms with Crippen molar-refractivity contribution in [3.8, 4) is 0 Å². The van der Waals surface area contributed by atoms with E-state index in [9.17, 15) is 8.42 Å². The van der Waals surface area contributed by atoms with Gasteiger partial charge < -0.3 is 4.57 Å². The molecule has 1 heterocycles. The number of nitrogens with one attached hydrogen (secondary N) is 1. The average Bonchev–Trinajstić information content (AvgIpc) is 2.78. The molecule has 2 aromatic rings. The highest BCUT2D eigenvalue weighted by atomic mass is 32.2. The molecule has 0 fully saturated rings. The number of benzene rings is 1. The quantitative estimate of drug-likeness (QED) is 0.943. The van der Waals surface area contributed by atoms with E-state index in [-0.39, 0.29) is 6.04 Å². The van der Waals surface area contributed by atoms with Crippen LogP contribution in [-0.4, -0.2) is 36.4 Å². The lowest BCUT2D eigenvalue weighted by molar-refractivity contribution is 0.527. The summed E-state index contributed by atoms with van der Waals surface area (Å²) in [5.41, 5.74) is 4.09. The molecule has 0 aliphatic rings. The number of rotatable bonds is 4. The number of hydrogen-bond acceptors (Lipinski definition) is 3. The SMILES string of the molecule is Cc1cc2c(ncn2C(C)C)c(NS(=O)(=O)N(C)C)c1C. The Morgan fingerprint density at radius 3 is 2.43 bits per heavy atom. The zero-order chi connectivity index (χ0) is 15.9. The van der Waals surface area contributed by atoms with Crippen LogP contribution in [0.15, 0.2) is 12.4 Å². The lowest BCUT2D eigenvalue weighted by Crippen LogP contribution is -2.29. The molecule has 7 heteroatoms. The summed E-state index contributed by atoms with van der Waals surface area (Å²) < 4.78 is 30.1. The first-order valence-electron chi connectivity index (χ1n) is 6.82. The van der Waals surface area contributed by atoms with Gasteiger partial charge in [-0.2, -0.15) is 12.7 Å². The predicted octanol–water partition coefficient (Wildman–Crippen LogP) is 2.45. The van der Waals surface area contributed by atoms with Crippen molar-refractivity contribution in [2.24, 2.45) is 0 Å². The van der Waals surface area contributed by atoms with E-state index in [0.29, 0.717) is 11.2 Å². The highest BCUT2D eigenvalue weighted by molar-refractivity contribution is 7.90. The average molecular weight is 310 g/mol. The molecule has 6 nitrogen and oxygen atoms in total. The molecule has 0 saturated carbocycles. The van der Waals surface area contributed by atoms with Gasteiger partial charge in [0, 0.05) is 20.1 Å². The number of anilines is 1. The first-order valence-corrected chi connectivity index (χ1v) is 8.26. The van der Waals surface area contributed by atoms with Gasteiger partial charge in [-0.15, -0.1) is 0 Å². The monoisotopic (exact) mass is 310 g/mol. The summed E-state index contributed by atoms with van der Waals surface area (Å²) in [5.74, 6) is 0. The Labute approximate surface area is 126 Å². The van der Waals surface area contributed by atoms with Crippen LogP contribution in [0.1, 0.15) is 31.0 Å². The number of fused-ring (bicyclic) bond motifs is 1. The Morgan fingerprint density at radius 1 is 1.29 bits per heavy atom. The van der Waals surface area contributed by atoms with Crippen molar-refractivity contribution in [2.45, 2.75) is 33.7 Å². The van der Waals surface area contributed by atoms with E-state index in [0.717, 1.165) is 20.9 Å². The molecule has 0 radical (unpaired) electrons. The third-order valence-corrected chi connectivity index (χ3v) is 5.08. The first kappa shape index (κ1) is 15.8. The number of imidazole rings is 1. The maximum Gasteiger partial charge on any atom is 0.301 e. The maximum absolute atomic E-state index is 12.1. The van der Waals surface area contributed by atoms with E-state index in [2.05, 4.69) is 23.6 Å². The minimum atomic E-state index is -3.56. The molecule has 0 aliphatic heterocycles. The van der Waals surface area contributed by atoms with Gasteiger partial charge in [0.25, 0.3) is 0 Å². The van der Waals surface area contributed by atoms with Crippen LogP contribution >= 0.6 is 0 Å². The standard InChI is InChI=1S/C14H22N4O2S/c1-9(2)18-8-15-14-12(18)7-10(3)11(4)13(14)16-21(19,20)17(5)6/h7-9,16H,1-6H3. The highest BCUT2D eigenvalue weighted by Gasteiger charge is 2.20. The summed E-state index contributed by atoms with van der Waals surface area (Å²) in [6, 6.07) is 2.31. The Morgan fingerprint density at radius 2 is 1.90 bits per heavy atom. The second-order valence-corrected chi connectivity index (χ2v) is 7.58. The lowest BCUT2D eigenvalue weighted by Gasteiger charge is -2.17. The molecule has 0 atom stereocenters. The van der Waals surface area contributed by atoms with Crippen LogP contribution in [0, 0.1) is 13.8 Å². The zero-order valence-corrected chi connectivity index (χ0v) is 14.1. The van der Waals surface area contributed by atoms with Gasteiger partial charge in [-0.1, -0.05) is 0 Å². The van der Waals surface area contributed by atoms with Crippen LogP contribution in [0.3, 0.4) is 0 Å². The van der Waals surface area contributed by atoms with Gasteiger partial charge in [0.2, 0.25) is 0 Å². The fourth-order valence-electron chi connectivity index (χ4n) is 2.15. The highest BCUT2D eigenvalue weighted by Crippen LogP contribution is 2.31. The van der Waals surface area contributed by atoms with Crippen molar-refractivity contribution in [1.82, 2.24) is 13.9 Å². The van der Waals surface area contributed by atoms with E-state index in [4.69, 9.17) is 0 Å². The summed E-state index contributed by atoms with van der Waals surface area (Å²) in [5, 5.41) is 0. The van der Waals surface area contributed by atoms with E-state index in [1.54, 1.807) is 6.33 Å². The Balaban J connectivity index is 2.71. The van der Waals surface area contributed by atoms with Gasteiger partial charge >= 0.3 is 10.2 Å². The summed E-state index contributed by atoms with van der Waals surface area (Å²) in [4.78, 5) is 4.40. The van der Waals surface area contributed by atoms with Crippen LogP contribution in [0.4, 0.5) is 5.69 Å². The number of aryl methyl sites for hydroxylation is 1. The normalized spacial score (nSPS) is 12.6. The van der Waals surface area contributed by atoms with Crippen molar-refractivity contribution in [3.63, 3.8) is 0 Å². The van der Waals surface area contributed by atoms with Gasteiger partial charge in [-0.25, -0.2) is 4.98 Å². The van der Waals surface area contributed by atoms with Crippen LogP contribution in [0.25, 0.3) is 11.0 Å². The minimum absolute atomic E-state index is 0.260. The van der Waals surface area contributed by atoms with Crippen LogP contribution in [0.2, 0.25) is 0 Å². The summed E-state index contributed by atoms with van der Waals surface area (Å²) in [6.07, 6.45) is 1.75. The first-order chi connectivity index (χ1) is 9.65.